The van der Waals surface area contributed by atoms with E-state index in [4.69, 9.17) is 4.42 Å². The zero-order chi connectivity index (χ0) is 39.0. The first-order valence-corrected chi connectivity index (χ1v) is 21.0. The number of aromatic nitrogens is 4. The number of pyridine rings is 1. The lowest BCUT2D eigenvalue weighted by molar-refractivity contribution is -0.717. The first-order valence-electron chi connectivity index (χ1n) is 21.0. The largest absolute Gasteiger partial charge is 0.456 e. The third kappa shape index (κ3) is 4.57. The van der Waals surface area contributed by atoms with E-state index in [-0.39, 0.29) is 12.0 Å². The average Bonchev–Trinajstić information content (AvgIpc) is 3.93. The molecule has 0 fully saturated rings. The van der Waals surface area contributed by atoms with E-state index in [1.807, 2.05) is 0 Å². The van der Waals surface area contributed by atoms with Gasteiger partial charge in [-0.25, -0.2) is 4.57 Å². The second-order valence-electron chi connectivity index (χ2n) is 17.7. The highest BCUT2D eigenvalue weighted by Gasteiger charge is 2.55. The van der Waals surface area contributed by atoms with Crippen LogP contribution in [-0.4, -0.2) is 9.13 Å². The van der Waals surface area contributed by atoms with Gasteiger partial charge in [0.1, 0.15) is 59.1 Å². The van der Waals surface area contributed by atoms with E-state index in [9.17, 15) is 0 Å². The predicted molar refractivity (Wildman–Crippen MR) is 231 cm³/mol. The second-order valence-corrected chi connectivity index (χ2v) is 17.7. The molecule has 0 radical (unpaired) electrons. The number of hydrogen-bond donors (Lipinski definition) is 0. The van der Waals surface area contributed by atoms with Gasteiger partial charge in [-0.1, -0.05) is 128 Å². The summed E-state index contributed by atoms with van der Waals surface area (Å²) in [6, 6.07) is 36.4. The number of nitrogens with zero attached hydrogens (tertiary/aromatic N) is 4. The normalized spacial score (nSPS) is 16.0. The van der Waals surface area contributed by atoms with E-state index in [0.717, 1.165) is 11.2 Å². The maximum absolute atomic E-state index is 6.76. The van der Waals surface area contributed by atoms with Gasteiger partial charge in [-0.3, -0.25) is 0 Å². The van der Waals surface area contributed by atoms with E-state index in [0.29, 0.717) is 23.7 Å². The maximum atomic E-state index is 6.76. The third-order valence-corrected chi connectivity index (χ3v) is 13.2. The molecule has 0 N–H and O–H groups in total. The highest BCUT2D eigenvalue weighted by Crippen LogP contribution is 2.55. The summed E-state index contributed by atoms with van der Waals surface area (Å²) < 4.78 is 16.9. The molecular formula is C52H50N4O+2. The Morgan fingerprint density at radius 1 is 0.579 bits per heavy atom. The van der Waals surface area contributed by atoms with Gasteiger partial charge < -0.3 is 4.42 Å². The van der Waals surface area contributed by atoms with E-state index >= 15 is 0 Å². The minimum absolute atomic E-state index is 0.172. The molecule has 0 amide bonds. The fourth-order valence-electron chi connectivity index (χ4n) is 10.6. The Balaban J connectivity index is 1.22. The van der Waals surface area contributed by atoms with Gasteiger partial charge in [0.15, 0.2) is 0 Å². The number of fused-ring (bicyclic) bond motifs is 17. The molecule has 4 aromatic heterocycles. The number of benzene rings is 5. The fourth-order valence-corrected chi connectivity index (χ4v) is 10.6. The van der Waals surface area contributed by atoms with Crippen LogP contribution in [-0.2, 0) is 0 Å². The monoisotopic (exact) mass is 746 g/mol. The lowest BCUT2D eigenvalue weighted by Gasteiger charge is -2.40. The number of furan rings is 1. The zero-order valence-corrected chi connectivity index (χ0v) is 34.2. The second kappa shape index (κ2) is 12.3. The van der Waals surface area contributed by atoms with Crippen LogP contribution < -0.4 is 8.97 Å². The summed E-state index contributed by atoms with van der Waals surface area (Å²) in [5.74, 6) is 2.89. The molecule has 1 aliphatic heterocycles. The molecule has 9 aromatic rings. The van der Waals surface area contributed by atoms with Gasteiger partial charge in [0.2, 0.25) is 0 Å². The molecule has 11 rings (SSSR count). The van der Waals surface area contributed by atoms with Crippen LogP contribution in [0.25, 0.3) is 61.1 Å². The summed E-state index contributed by atoms with van der Waals surface area (Å²) in [5.41, 5.74) is 16.6. The molecule has 1 aliphatic carbocycles. The highest BCUT2D eigenvalue weighted by atomic mass is 16.3. The van der Waals surface area contributed by atoms with Crippen molar-refractivity contribution in [3.63, 3.8) is 0 Å². The lowest BCUT2D eigenvalue weighted by atomic mass is 9.67. The van der Waals surface area contributed by atoms with Crippen LogP contribution in [0.5, 0.6) is 0 Å². The Hall–Kier alpha value is -5.94. The molecule has 0 saturated carbocycles. The predicted octanol–water partition coefficient (Wildman–Crippen LogP) is 12.6. The van der Waals surface area contributed by atoms with E-state index in [1.54, 1.807) is 0 Å². The molecule has 57 heavy (non-hydrogen) atoms. The summed E-state index contributed by atoms with van der Waals surface area (Å²) in [6.07, 6.45) is 9.33. The molecule has 2 aliphatic rings. The molecular weight excluding hydrogens is 697 g/mol. The van der Waals surface area contributed by atoms with Crippen molar-refractivity contribution in [2.24, 2.45) is 0 Å². The van der Waals surface area contributed by atoms with Crippen molar-refractivity contribution in [3.05, 3.63) is 161 Å². The van der Waals surface area contributed by atoms with Crippen molar-refractivity contribution in [1.82, 2.24) is 9.13 Å². The number of imidazole rings is 2. The third-order valence-electron chi connectivity index (χ3n) is 13.2. The molecule has 5 aromatic carbocycles. The van der Waals surface area contributed by atoms with Gasteiger partial charge in [0, 0.05) is 33.0 Å². The van der Waals surface area contributed by atoms with Crippen molar-refractivity contribution in [3.8, 4) is 22.8 Å². The molecule has 2 atom stereocenters. The number of hydrogen-bond acceptors (Lipinski definition) is 1. The van der Waals surface area contributed by atoms with E-state index < -0.39 is 0 Å². The topological polar surface area (TPSA) is 31.0 Å². The van der Waals surface area contributed by atoms with Gasteiger partial charge >= 0.3 is 0 Å². The van der Waals surface area contributed by atoms with Gasteiger partial charge in [-0.05, 0) is 59.1 Å². The van der Waals surface area contributed by atoms with Gasteiger partial charge in [-0.2, -0.15) is 13.5 Å². The minimum atomic E-state index is 0.172. The van der Waals surface area contributed by atoms with Gasteiger partial charge in [0.05, 0.1) is 22.3 Å². The van der Waals surface area contributed by atoms with Crippen LogP contribution in [0.15, 0.2) is 126 Å². The minimum Gasteiger partial charge on any atom is -0.456 e. The summed E-state index contributed by atoms with van der Waals surface area (Å²) in [4.78, 5) is 0. The lowest BCUT2D eigenvalue weighted by Crippen LogP contribution is -2.56. The number of rotatable bonds is 6. The van der Waals surface area contributed by atoms with Crippen molar-refractivity contribution in [2.45, 2.75) is 91.0 Å². The van der Waals surface area contributed by atoms with Crippen LogP contribution >= 0.6 is 0 Å². The van der Waals surface area contributed by atoms with Crippen LogP contribution in [0, 0.1) is 0 Å². The Morgan fingerprint density at radius 3 is 1.93 bits per heavy atom. The molecule has 0 saturated heterocycles. The van der Waals surface area contributed by atoms with Crippen molar-refractivity contribution >= 4 is 38.4 Å². The quantitative estimate of drug-likeness (QED) is 0.156. The summed E-state index contributed by atoms with van der Waals surface area (Å²) in [5, 5.41) is 4.95. The SMILES string of the molecule is CC(C)c1cccc(C(C)C)c1-n1cc[n+]2c1-c1ccccc1C1c3c(c4ccccc4c4n(-c5c(C(C)C)cc(C(C)C)c6oc7ccccc7c56)cc[n+]34)C12. The summed E-state index contributed by atoms with van der Waals surface area (Å²) in [6.45, 7) is 18.5. The van der Waals surface area contributed by atoms with Crippen LogP contribution in [0.1, 0.15) is 130 Å². The molecule has 0 spiro atoms. The van der Waals surface area contributed by atoms with Gasteiger partial charge in [-0.15, -0.1) is 0 Å². The molecule has 5 heteroatoms. The Morgan fingerprint density at radius 2 is 1.21 bits per heavy atom. The zero-order valence-electron chi connectivity index (χ0n) is 34.2. The van der Waals surface area contributed by atoms with Crippen LogP contribution in [0.2, 0.25) is 0 Å². The first-order chi connectivity index (χ1) is 27.7. The molecule has 5 heterocycles. The molecule has 5 nitrogen and oxygen atoms in total. The Bertz CT molecular complexity index is 3090. The summed E-state index contributed by atoms with van der Waals surface area (Å²) in [7, 11) is 0. The highest BCUT2D eigenvalue weighted by molar-refractivity contribution is 6.12. The van der Waals surface area contributed by atoms with Crippen molar-refractivity contribution in [2.75, 3.05) is 0 Å². The molecule has 0 bridgehead atoms. The van der Waals surface area contributed by atoms with E-state index in [2.05, 4.69) is 195 Å². The van der Waals surface area contributed by atoms with Crippen molar-refractivity contribution in [1.29, 1.82) is 0 Å². The van der Waals surface area contributed by atoms with Gasteiger partial charge in [0.25, 0.3) is 11.5 Å². The van der Waals surface area contributed by atoms with Crippen molar-refractivity contribution < 1.29 is 13.4 Å². The number of para-hydroxylation sites is 2. The molecule has 2 unspecified atom stereocenters. The average molecular weight is 747 g/mol. The Kier molecular flexibility index (Phi) is 7.39. The maximum Gasteiger partial charge on any atom is 0.299 e. The van der Waals surface area contributed by atoms with Crippen LogP contribution in [0.3, 0.4) is 0 Å². The molecule has 282 valence electrons. The fraction of sp³-hybridized carbons (Fsp3) is 0.269. The van der Waals surface area contributed by atoms with Crippen LogP contribution in [0.4, 0.5) is 0 Å². The Labute approximate surface area is 334 Å². The van der Waals surface area contributed by atoms with E-state index in [1.165, 1.54) is 89.0 Å². The standard InChI is InChI=1S/C52H50N4O/c1-29(2)33-21-15-22-34(30(3)4)46(33)53-24-26-55-48-43(35-16-9-11-18-37(35)51(53)55)49-44(48)36-17-10-12-19-38(36)52-54(25-27-56(49)52)47-40(31(5)6)28-41(32(7)8)50-45(47)39-20-13-14-23-42(39)57-50/h9-32,43,48H,1-8H3/q+2. The summed E-state index contributed by atoms with van der Waals surface area (Å²) >= 11 is 0. The first kappa shape index (κ1) is 34.3. The smallest absolute Gasteiger partial charge is 0.299 e.